The summed E-state index contributed by atoms with van der Waals surface area (Å²) in [7, 11) is 0.305. The molecule has 1 aromatic heterocycles. The van der Waals surface area contributed by atoms with E-state index in [0.29, 0.717) is 11.0 Å². The largest absolute Gasteiger partial charge is 0.303 e. The Labute approximate surface area is 117 Å². The van der Waals surface area contributed by atoms with E-state index in [0.717, 1.165) is 0 Å². The van der Waals surface area contributed by atoms with E-state index in [-0.39, 0.29) is 10.4 Å². The average molecular weight is 336 g/mol. The minimum Gasteiger partial charge on any atom is -0.303 e. The second kappa shape index (κ2) is 5.64. The van der Waals surface area contributed by atoms with Gasteiger partial charge in [-0.15, -0.1) is 0 Å². The van der Waals surface area contributed by atoms with E-state index in [1.807, 2.05) is 32.8 Å². The van der Waals surface area contributed by atoms with Crippen LogP contribution in [-0.2, 0) is 10.0 Å². The smallest absolute Gasteiger partial charge is 0.242 e. The van der Waals surface area contributed by atoms with Crippen LogP contribution < -0.4 is 4.72 Å². The number of hydrogen-bond acceptors (Lipinski definition) is 4. The van der Waals surface area contributed by atoms with Crippen LogP contribution in [0.2, 0.25) is 0 Å². The molecule has 0 saturated carbocycles. The fourth-order valence-corrected chi connectivity index (χ4v) is 2.76. The third-order valence-electron chi connectivity index (χ3n) is 2.90. The lowest BCUT2D eigenvalue weighted by molar-refractivity contribution is 0.199. The van der Waals surface area contributed by atoms with Crippen LogP contribution in [-0.4, -0.2) is 44.5 Å². The third-order valence-corrected chi connectivity index (χ3v) is 4.70. The Hall–Kier alpha value is -0.500. The summed E-state index contributed by atoms with van der Waals surface area (Å²) >= 11 is 3.21. The van der Waals surface area contributed by atoms with Crippen LogP contribution in [0, 0.1) is 0 Å². The number of hydrogen-bond donors (Lipinski definition) is 1. The minimum atomic E-state index is -3.52. The molecule has 0 amide bonds. The van der Waals surface area contributed by atoms with E-state index in [9.17, 15) is 8.42 Å². The highest BCUT2D eigenvalue weighted by atomic mass is 79.9. The van der Waals surface area contributed by atoms with Gasteiger partial charge in [0.15, 0.2) is 0 Å². The first-order valence-electron chi connectivity index (χ1n) is 5.43. The summed E-state index contributed by atoms with van der Waals surface area (Å²) in [4.78, 5) is 5.98. The molecular formula is C11H18BrN3O2S. The number of nitrogens with zero attached hydrogens (tertiary/aromatic N) is 2. The lowest BCUT2D eigenvalue weighted by atomic mass is 10.1. The molecule has 5 nitrogen and oxygen atoms in total. The Morgan fingerprint density at radius 3 is 2.50 bits per heavy atom. The molecule has 0 unspecified atom stereocenters. The van der Waals surface area contributed by atoms with Gasteiger partial charge < -0.3 is 4.90 Å². The fraction of sp³-hybridized carbons (Fsp3) is 0.545. The highest BCUT2D eigenvalue weighted by Crippen LogP contribution is 2.15. The van der Waals surface area contributed by atoms with Crippen molar-refractivity contribution < 1.29 is 8.42 Å². The molecule has 0 radical (unpaired) electrons. The molecule has 0 aliphatic carbocycles. The van der Waals surface area contributed by atoms with E-state index >= 15 is 0 Å². The van der Waals surface area contributed by atoms with Gasteiger partial charge >= 0.3 is 0 Å². The summed E-state index contributed by atoms with van der Waals surface area (Å²) in [6.07, 6.45) is 2.87. The monoisotopic (exact) mass is 335 g/mol. The van der Waals surface area contributed by atoms with Gasteiger partial charge in [0.05, 0.1) is 0 Å². The van der Waals surface area contributed by atoms with Crippen molar-refractivity contribution in [1.82, 2.24) is 14.6 Å². The van der Waals surface area contributed by atoms with Gasteiger partial charge in [-0.05, 0) is 49.9 Å². The first-order chi connectivity index (χ1) is 8.15. The van der Waals surface area contributed by atoms with Gasteiger partial charge in [-0.1, -0.05) is 0 Å². The summed E-state index contributed by atoms with van der Waals surface area (Å²) < 4.78 is 27.4. The Bertz CT molecular complexity index is 515. The van der Waals surface area contributed by atoms with Crippen LogP contribution in [0.3, 0.4) is 0 Å². The topological polar surface area (TPSA) is 62.3 Å². The zero-order valence-corrected chi connectivity index (χ0v) is 13.3. The standard InChI is InChI=1S/C11H18BrN3O2S/c1-11(2,15(3)4)8-14-18(16,17)10-5-9(12)6-13-7-10/h5-7,14H,8H2,1-4H3. The molecule has 0 aliphatic heterocycles. The van der Waals surface area contributed by atoms with Gasteiger partial charge in [0, 0.05) is 29.0 Å². The number of halogens is 1. The van der Waals surface area contributed by atoms with E-state index in [2.05, 4.69) is 25.6 Å². The SMILES string of the molecule is CN(C)C(C)(C)CNS(=O)(=O)c1cncc(Br)c1. The molecule has 18 heavy (non-hydrogen) atoms. The molecule has 1 heterocycles. The lowest BCUT2D eigenvalue weighted by Gasteiger charge is -2.32. The van der Waals surface area contributed by atoms with Gasteiger partial charge in [0.1, 0.15) is 4.90 Å². The van der Waals surface area contributed by atoms with E-state index in [4.69, 9.17) is 0 Å². The average Bonchev–Trinajstić information content (AvgIpc) is 2.26. The van der Waals surface area contributed by atoms with Crippen molar-refractivity contribution in [1.29, 1.82) is 0 Å². The Balaban J connectivity index is 2.84. The number of pyridine rings is 1. The maximum atomic E-state index is 12.1. The van der Waals surface area contributed by atoms with Crippen LogP contribution in [0.15, 0.2) is 27.8 Å². The van der Waals surface area contributed by atoms with E-state index < -0.39 is 10.0 Å². The first kappa shape index (κ1) is 15.6. The maximum Gasteiger partial charge on any atom is 0.242 e. The second-order valence-corrected chi connectivity index (χ2v) is 7.55. The molecule has 0 saturated heterocycles. The zero-order valence-electron chi connectivity index (χ0n) is 10.9. The number of rotatable bonds is 5. The Kier molecular flexibility index (Phi) is 4.88. The van der Waals surface area contributed by atoms with Crippen LogP contribution in [0.4, 0.5) is 0 Å². The third kappa shape index (κ3) is 4.01. The minimum absolute atomic E-state index is 0.159. The van der Waals surface area contributed by atoms with Crippen molar-refractivity contribution in [3.8, 4) is 0 Å². The summed E-state index contributed by atoms with van der Waals surface area (Å²) in [5.41, 5.74) is -0.257. The first-order valence-corrected chi connectivity index (χ1v) is 7.70. The number of nitrogens with one attached hydrogen (secondary N) is 1. The molecule has 1 aromatic rings. The van der Waals surface area contributed by atoms with Crippen molar-refractivity contribution in [2.45, 2.75) is 24.3 Å². The fourth-order valence-electron chi connectivity index (χ4n) is 1.05. The van der Waals surface area contributed by atoms with E-state index in [1.54, 1.807) is 6.20 Å². The van der Waals surface area contributed by atoms with Crippen LogP contribution in [0.5, 0.6) is 0 Å². The van der Waals surface area contributed by atoms with Gasteiger partial charge in [-0.3, -0.25) is 4.98 Å². The second-order valence-electron chi connectivity index (χ2n) is 4.87. The summed E-state index contributed by atoms with van der Waals surface area (Å²) in [5, 5.41) is 0. The van der Waals surface area contributed by atoms with Gasteiger partial charge in [-0.25, -0.2) is 13.1 Å². The van der Waals surface area contributed by atoms with Crippen LogP contribution in [0.25, 0.3) is 0 Å². The maximum absolute atomic E-state index is 12.1. The molecule has 7 heteroatoms. The molecule has 0 fully saturated rings. The predicted molar refractivity (Wildman–Crippen MR) is 74.9 cm³/mol. The number of sulfonamides is 1. The van der Waals surface area contributed by atoms with Crippen molar-refractivity contribution in [2.75, 3.05) is 20.6 Å². The molecule has 102 valence electrons. The van der Waals surface area contributed by atoms with Crippen molar-refractivity contribution in [3.63, 3.8) is 0 Å². The molecule has 0 aliphatic rings. The van der Waals surface area contributed by atoms with Crippen molar-refractivity contribution >= 4 is 26.0 Å². The van der Waals surface area contributed by atoms with Crippen molar-refractivity contribution in [3.05, 3.63) is 22.9 Å². The van der Waals surface area contributed by atoms with Crippen LogP contribution >= 0.6 is 15.9 Å². The summed E-state index contributed by atoms with van der Waals surface area (Å²) in [6, 6.07) is 1.53. The van der Waals surface area contributed by atoms with Gasteiger partial charge in [0.2, 0.25) is 10.0 Å². The van der Waals surface area contributed by atoms with Crippen molar-refractivity contribution in [2.24, 2.45) is 0 Å². The molecule has 1 rings (SSSR count). The highest BCUT2D eigenvalue weighted by molar-refractivity contribution is 9.10. The summed E-state index contributed by atoms with van der Waals surface area (Å²) in [5.74, 6) is 0. The number of likely N-dealkylation sites (N-methyl/N-ethyl adjacent to an activating group) is 1. The quantitative estimate of drug-likeness (QED) is 0.884. The Morgan fingerprint density at radius 1 is 1.39 bits per heavy atom. The molecule has 0 aromatic carbocycles. The van der Waals surface area contributed by atoms with Crippen LogP contribution in [0.1, 0.15) is 13.8 Å². The normalized spacial score (nSPS) is 13.0. The number of aromatic nitrogens is 1. The molecule has 0 spiro atoms. The summed E-state index contributed by atoms with van der Waals surface area (Å²) in [6.45, 7) is 4.26. The Morgan fingerprint density at radius 2 is 2.00 bits per heavy atom. The molecule has 0 atom stereocenters. The van der Waals surface area contributed by atoms with Gasteiger partial charge in [0.25, 0.3) is 0 Å². The molecular weight excluding hydrogens is 318 g/mol. The highest BCUT2D eigenvalue weighted by Gasteiger charge is 2.24. The molecule has 0 bridgehead atoms. The van der Waals surface area contributed by atoms with Gasteiger partial charge in [-0.2, -0.15) is 0 Å². The zero-order chi connectivity index (χ0) is 14.0. The predicted octanol–water partition coefficient (Wildman–Crippen LogP) is 1.46. The lowest BCUT2D eigenvalue weighted by Crippen LogP contribution is -2.48. The molecule has 1 N–H and O–H groups in total. The van der Waals surface area contributed by atoms with E-state index in [1.165, 1.54) is 12.3 Å².